The summed E-state index contributed by atoms with van der Waals surface area (Å²) in [6.07, 6.45) is -3.66. The summed E-state index contributed by atoms with van der Waals surface area (Å²) in [6.45, 7) is 21.9. The van der Waals surface area contributed by atoms with E-state index in [4.69, 9.17) is 0 Å². The molecule has 1 atom stereocenters. The molecule has 2 bridgehead atoms. The SMILES string of the molecule is CC(C)(C)c1ccc2c(c1)[cH-]c1cc(C(C)(C)C)ccc12.CCCC1[C-]=C2C(C(C)(C)C)=C1C2(c1ccc(C(F)(F)F)cc1)c1ccc(C(F)(F)F)cc1.[Cl-].[Cl-].[Zr+4]. The third-order valence-corrected chi connectivity index (χ3v) is 11.0. The van der Waals surface area contributed by atoms with Gasteiger partial charge in [-0.1, -0.05) is 153 Å². The van der Waals surface area contributed by atoms with Crippen LogP contribution < -0.4 is 24.8 Å². The molecule has 8 rings (SSSR count). The Balaban J connectivity index is 0.000000315. The summed E-state index contributed by atoms with van der Waals surface area (Å²) in [4.78, 5) is 0. The van der Waals surface area contributed by atoms with Gasteiger partial charge in [0.15, 0.2) is 0 Å². The zero-order valence-electron chi connectivity index (χ0n) is 34.2. The minimum absolute atomic E-state index is 0. The summed E-state index contributed by atoms with van der Waals surface area (Å²) >= 11 is 0. The van der Waals surface area contributed by atoms with E-state index < -0.39 is 28.9 Å². The number of hydrogen-bond donors (Lipinski definition) is 0. The van der Waals surface area contributed by atoms with Crippen molar-refractivity contribution in [1.29, 1.82) is 0 Å². The van der Waals surface area contributed by atoms with E-state index in [0.717, 1.165) is 53.8 Å². The second kappa shape index (κ2) is 16.7. The first-order chi connectivity index (χ1) is 24.9. The van der Waals surface area contributed by atoms with E-state index in [1.54, 1.807) is 0 Å². The fourth-order valence-electron chi connectivity index (χ4n) is 8.27. The molecular weight excluding hydrogens is 853 g/mol. The Morgan fingerprint density at radius 2 is 0.930 bits per heavy atom. The molecule has 302 valence electrons. The first kappa shape index (κ1) is 48.6. The van der Waals surface area contributed by atoms with Crippen LogP contribution in [0.4, 0.5) is 26.3 Å². The normalized spacial score (nSPS) is 16.5. The molecule has 0 radical (unpaired) electrons. The fraction of sp³-hybridized carbons (Fsp3) is 0.396. The molecule has 9 heteroatoms. The predicted molar refractivity (Wildman–Crippen MR) is 210 cm³/mol. The van der Waals surface area contributed by atoms with Crippen LogP contribution in [0.15, 0.2) is 108 Å². The number of allylic oxidation sites excluding steroid dienone is 4. The minimum atomic E-state index is -4.47. The summed E-state index contributed by atoms with van der Waals surface area (Å²) in [5.74, 6) is -0.0104. The van der Waals surface area contributed by atoms with Gasteiger partial charge in [-0.2, -0.15) is 31.9 Å². The van der Waals surface area contributed by atoms with Crippen LogP contribution in [-0.4, -0.2) is 0 Å². The largest absolute Gasteiger partial charge is 4.00 e. The zero-order valence-corrected chi connectivity index (χ0v) is 38.1. The molecule has 0 fully saturated rings. The van der Waals surface area contributed by atoms with Crippen LogP contribution in [0, 0.1) is 17.4 Å². The number of rotatable bonds is 4. The molecule has 3 aliphatic rings. The number of halogens is 8. The molecule has 0 saturated carbocycles. The molecule has 0 N–H and O–H groups in total. The molecule has 1 unspecified atom stereocenters. The van der Waals surface area contributed by atoms with Gasteiger partial charge in [-0.15, -0.1) is 45.3 Å². The maximum atomic E-state index is 13.2. The van der Waals surface area contributed by atoms with Crippen molar-refractivity contribution >= 4 is 21.5 Å². The molecule has 0 heterocycles. The van der Waals surface area contributed by atoms with Gasteiger partial charge in [0.25, 0.3) is 0 Å². The first-order valence-corrected chi connectivity index (χ1v) is 18.8. The monoisotopic (exact) mass is 900 g/mol. The summed E-state index contributed by atoms with van der Waals surface area (Å²) in [7, 11) is 0. The van der Waals surface area contributed by atoms with Crippen LogP contribution in [-0.2, 0) is 54.8 Å². The van der Waals surface area contributed by atoms with Crippen molar-refractivity contribution in [2.75, 3.05) is 0 Å². The molecular formula is C48H50Cl2F6Zr. The molecule has 3 aliphatic carbocycles. The van der Waals surface area contributed by atoms with Crippen LogP contribution in [0.25, 0.3) is 21.5 Å². The van der Waals surface area contributed by atoms with Gasteiger partial charge in [0, 0.05) is 5.41 Å². The topological polar surface area (TPSA) is 0 Å². The van der Waals surface area contributed by atoms with E-state index in [1.807, 2.05) is 0 Å². The van der Waals surface area contributed by atoms with Gasteiger partial charge in [-0.25, -0.2) is 5.57 Å². The van der Waals surface area contributed by atoms with Crippen molar-refractivity contribution in [1.82, 2.24) is 0 Å². The van der Waals surface area contributed by atoms with Crippen LogP contribution in [0.1, 0.15) is 115 Å². The van der Waals surface area contributed by atoms with Gasteiger partial charge < -0.3 is 24.8 Å². The summed E-state index contributed by atoms with van der Waals surface area (Å²) in [5, 5.41) is 5.48. The molecule has 0 saturated heterocycles. The summed E-state index contributed by atoms with van der Waals surface area (Å²) in [5.41, 5.74) is 4.89. The molecule has 0 aromatic heterocycles. The molecule has 5 aromatic carbocycles. The smallest absolute Gasteiger partial charge is 1.00 e. The van der Waals surface area contributed by atoms with E-state index in [-0.39, 0.29) is 73.2 Å². The predicted octanol–water partition coefficient (Wildman–Crippen LogP) is 8.84. The van der Waals surface area contributed by atoms with Crippen molar-refractivity contribution < 1.29 is 77.4 Å². The summed E-state index contributed by atoms with van der Waals surface area (Å²) < 4.78 is 79.2. The molecule has 0 amide bonds. The number of alkyl halides is 6. The molecule has 0 nitrogen and oxygen atoms in total. The van der Waals surface area contributed by atoms with Gasteiger partial charge in [0.1, 0.15) is 0 Å². The van der Waals surface area contributed by atoms with Crippen LogP contribution in [0.2, 0.25) is 0 Å². The number of fused-ring (bicyclic) bond motifs is 4. The molecule has 0 aliphatic heterocycles. The standard InChI is InChI=1S/C27H25F6.C21H25.2ClH.Zr/c1-5-6-16-15-21-23(24(2,3)4)22(16)25(21,17-7-11-19(12-8-17)26(28,29)30)18-9-13-20(14-10-18)27(31,32)33;1-20(2,3)16-7-9-18-14(12-16)11-15-13-17(21(4,5)6)8-10-19(15)18;;;/h7-14,16H,5-6H2,1-4H3;7-13H,1-6H3;2*1H;/q2*-1;;;+4/p-2. The number of hydrogen-bond acceptors (Lipinski definition) is 0. The van der Waals surface area contributed by atoms with Crippen molar-refractivity contribution in [3.63, 3.8) is 0 Å². The van der Waals surface area contributed by atoms with Crippen molar-refractivity contribution in [2.24, 2.45) is 11.3 Å². The Morgan fingerprint density at radius 3 is 1.25 bits per heavy atom. The number of benzene rings is 4. The Labute approximate surface area is 365 Å². The Morgan fingerprint density at radius 1 is 0.561 bits per heavy atom. The zero-order chi connectivity index (χ0) is 39.8. The Bertz CT molecular complexity index is 2120. The van der Waals surface area contributed by atoms with Gasteiger partial charge in [-0.3, -0.25) is 6.08 Å². The molecule has 5 aromatic rings. The minimum Gasteiger partial charge on any atom is -1.00 e. The third kappa shape index (κ3) is 9.07. The Hall–Kier alpha value is -2.73. The quantitative estimate of drug-likeness (QED) is 0.125. The second-order valence-electron chi connectivity index (χ2n) is 18.0. The van der Waals surface area contributed by atoms with Crippen LogP contribution in [0.3, 0.4) is 0 Å². The average Bonchev–Trinajstić information content (AvgIpc) is 3.73. The van der Waals surface area contributed by atoms with Crippen LogP contribution >= 0.6 is 0 Å². The van der Waals surface area contributed by atoms with E-state index in [9.17, 15) is 26.3 Å². The van der Waals surface area contributed by atoms with Gasteiger partial charge in [0.05, 0.1) is 11.1 Å². The van der Waals surface area contributed by atoms with Crippen molar-refractivity contribution in [3.05, 3.63) is 147 Å². The van der Waals surface area contributed by atoms with Crippen molar-refractivity contribution in [3.8, 4) is 0 Å². The first-order valence-electron chi connectivity index (χ1n) is 18.8. The van der Waals surface area contributed by atoms with Crippen LogP contribution in [0.5, 0.6) is 0 Å². The van der Waals surface area contributed by atoms with Crippen molar-refractivity contribution in [2.45, 2.75) is 111 Å². The van der Waals surface area contributed by atoms with Gasteiger partial charge in [-0.05, 0) is 46.2 Å². The Kier molecular flexibility index (Phi) is 14.3. The van der Waals surface area contributed by atoms with Gasteiger partial charge in [0.2, 0.25) is 0 Å². The molecule has 57 heavy (non-hydrogen) atoms. The van der Waals surface area contributed by atoms with E-state index >= 15 is 0 Å². The molecule has 0 spiro atoms. The van der Waals surface area contributed by atoms with Gasteiger partial charge >= 0.3 is 38.6 Å². The van der Waals surface area contributed by atoms with E-state index in [0.29, 0.717) is 11.1 Å². The fourth-order valence-corrected chi connectivity index (χ4v) is 8.27. The average molecular weight is 903 g/mol. The maximum Gasteiger partial charge on any atom is 4.00 e. The third-order valence-electron chi connectivity index (χ3n) is 11.0. The van der Waals surface area contributed by atoms with E-state index in [2.05, 4.69) is 118 Å². The summed E-state index contributed by atoms with van der Waals surface area (Å²) in [6, 6.07) is 26.2. The van der Waals surface area contributed by atoms with E-state index in [1.165, 1.54) is 56.9 Å². The second-order valence-corrected chi connectivity index (χ2v) is 18.0. The maximum absolute atomic E-state index is 13.2.